The van der Waals surface area contributed by atoms with E-state index in [1.165, 1.54) is 7.11 Å². The molecule has 0 aliphatic rings. The molecule has 0 fully saturated rings. The number of nitrogens with two attached hydrogens (primary N) is 1. The van der Waals surface area contributed by atoms with Crippen molar-refractivity contribution in [1.82, 2.24) is 9.55 Å². The van der Waals surface area contributed by atoms with Gasteiger partial charge in [-0.15, -0.1) is 0 Å². The van der Waals surface area contributed by atoms with Crippen LogP contribution < -0.4 is 5.73 Å². The molecule has 0 amide bonds. The van der Waals surface area contributed by atoms with E-state index >= 15 is 0 Å². The normalized spacial score (nSPS) is 12.6. The van der Waals surface area contributed by atoms with E-state index in [2.05, 4.69) is 20.9 Å². The van der Waals surface area contributed by atoms with Crippen LogP contribution in [-0.2, 0) is 9.53 Å². The van der Waals surface area contributed by atoms with Gasteiger partial charge in [0, 0.05) is 4.47 Å². The summed E-state index contributed by atoms with van der Waals surface area (Å²) in [5, 5.41) is 0. The maximum atomic E-state index is 11.5. The number of halogens is 1. The molecule has 1 aromatic heterocycles. The van der Waals surface area contributed by atoms with Gasteiger partial charge >= 0.3 is 5.97 Å². The van der Waals surface area contributed by atoms with E-state index in [1.54, 1.807) is 11.5 Å². The van der Waals surface area contributed by atoms with Crippen molar-refractivity contribution in [3.8, 4) is 0 Å². The van der Waals surface area contributed by atoms with Gasteiger partial charge in [0.2, 0.25) is 5.95 Å². The molecule has 2 N–H and O–H groups in total. The Morgan fingerprint density at radius 3 is 2.94 bits per heavy atom. The molecule has 0 aliphatic heterocycles. The van der Waals surface area contributed by atoms with Crippen LogP contribution in [0.3, 0.4) is 0 Å². The molecule has 1 aromatic carbocycles. The molecule has 90 valence electrons. The van der Waals surface area contributed by atoms with Crippen molar-refractivity contribution in [2.24, 2.45) is 0 Å². The smallest absolute Gasteiger partial charge is 0.328 e. The van der Waals surface area contributed by atoms with Gasteiger partial charge in [0.25, 0.3) is 0 Å². The lowest BCUT2D eigenvalue weighted by atomic mass is 10.3. The van der Waals surface area contributed by atoms with E-state index in [-0.39, 0.29) is 5.97 Å². The van der Waals surface area contributed by atoms with Crippen molar-refractivity contribution in [2.75, 3.05) is 12.8 Å². The molecule has 0 spiro atoms. The number of imidazole rings is 1. The number of esters is 1. The van der Waals surface area contributed by atoms with Crippen LogP contribution in [0.2, 0.25) is 0 Å². The van der Waals surface area contributed by atoms with Gasteiger partial charge in [0.05, 0.1) is 18.1 Å². The second-order valence-electron chi connectivity index (χ2n) is 3.67. The van der Waals surface area contributed by atoms with E-state index in [9.17, 15) is 4.79 Å². The third kappa shape index (κ3) is 2.00. The molecule has 17 heavy (non-hydrogen) atoms. The van der Waals surface area contributed by atoms with Crippen LogP contribution in [0.4, 0.5) is 5.95 Å². The number of rotatable bonds is 2. The van der Waals surface area contributed by atoms with Gasteiger partial charge in [-0.1, -0.05) is 15.9 Å². The number of anilines is 1. The van der Waals surface area contributed by atoms with Crippen LogP contribution in [0, 0.1) is 0 Å². The van der Waals surface area contributed by atoms with Crippen LogP contribution in [-0.4, -0.2) is 22.6 Å². The molecule has 0 aliphatic carbocycles. The van der Waals surface area contributed by atoms with Gasteiger partial charge in [0.1, 0.15) is 6.04 Å². The Hall–Kier alpha value is -1.56. The zero-order chi connectivity index (χ0) is 12.6. The minimum Gasteiger partial charge on any atom is -0.467 e. The van der Waals surface area contributed by atoms with Crippen LogP contribution in [0.25, 0.3) is 11.0 Å². The monoisotopic (exact) mass is 297 g/mol. The Kier molecular flexibility index (Phi) is 3.06. The number of nitrogens with zero attached hydrogens (tertiary/aromatic N) is 2. The Balaban J connectivity index is 2.61. The van der Waals surface area contributed by atoms with Crippen LogP contribution in [0.15, 0.2) is 22.7 Å². The van der Waals surface area contributed by atoms with Crippen molar-refractivity contribution >= 4 is 38.9 Å². The third-order valence-corrected chi connectivity index (χ3v) is 3.10. The highest BCUT2D eigenvalue weighted by Crippen LogP contribution is 2.25. The van der Waals surface area contributed by atoms with Crippen molar-refractivity contribution in [3.05, 3.63) is 22.7 Å². The number of carbonyl (C=O) groups excluding carboxylic acids is 1. The lowest BCUT2D eigenvalue weighted by molar-refractivity contribution is -0.143. The minimum atomic E-state index is -0.494. The molecule has 0 saturated carbocycles. The van der Waals surface area contributed by atoms with Gasteiger partial charge in [-0.05, 0) is 25.1 Å². The van der Waals surface area contributed by atoms with Gasteiger partial charge < -0.3 is 10.5 Å². The van der Waals surface area contributed by atoms with E-state index in [4.69, 9.17) is 10.5 Å². The number of ether oxygens (including phenoxy) is 1. The Morgan fingerprint density at radius 1 is 1.59 bits per heavy atom. The quantitative estimate of drug-likeness (QED) is 0.862. The van der Waals surface area contributed by atoms with Crippen molar-refractivity contribution in [2.45, 2.75) is 13.0 Å². The first-order valence-corrected chi connectivity index (χ1v) is 5.84. The molecule has 6 heteroatoms. The molecule has 0 saturated heterocycles. The standard InChI is InChI=1S/C11H12BrN3O2/c1-6(10(16)17-2)15-9-4-3-7(12)5-8(9)14-11(15)13/h3-6H,1-2H3,(H2,13,14). The molecular formula is C11H12BrN3O2. The highest BCUT2D eigenvalue weighted by Gasteiger charge is 2.20. The SMILES string of the molecule is COC(=O)C(C)n1c(N)nc2cc(Br)ccc21. The molecule has 5 nitrogen and oxygen atoms in total. The topological polar surface area (TPSA) is 70.1 Å². The van der Waals surface area contributed by atoms with E-state index < -0.39 is 6.04 Å². The summed E-state index contributed by atoms with van der Waals surface area (Å²) in [6.45, 7) is 1.73. The Labute approximate surface area is 107 Å². The van der Waals surface area contributed by atoms with Gasteiger partial charge in [-0.3, -0.25) is 4.57 Å². The molecule has 2 rings (SSSR count). The summed E-state index contributed by atoms with van der Waals surface area (Å²) in [6, 6.07) is 5.10. The van der Waals surface area contributed by atoms with E-state index in [0.717, 1.165) is 15.5 Å². The number of carbonyl (C=O) groups is 1. The van der Waals surface area contributed by atoms with E-state index in [1.807, 2.05) is 18.2 Å². The average Bonchev–Trinajstić information content (AvgIpc) is 2.62. The molecule has 0 bridgehead atoms. The number of nitrogen functional groups attached to an aromatic ring is 1. The molecule has 1 atom stereocenters. The fourth-order valence-electron chi connectivity index (χ4n) is 1.77. The summed E-state index contributed by atoms with van der Waals surface area (Å²) in [7, 11) is 1.35. The minimum absolute atomic E-state index is 0.302. The molecule has 0 radical (unpaired) electrons. The largest absolute Gasteiger partial charge is 0.467 e. The van der Waals surface area contributed by atoms with Crippen molar-refractivity contribution in [3.63, 3.8) is 0 Å². The number of hydrogen-bond donors (Lipinski definition) is 1. The Morgan fingerprint density at radius 2 is 2.29 bits per heavy atom. The fraction of sp³-hybridized carbons (Fsp3) is 0.273. The number of benzene rings is 1. The first-order valence-electron chi connectivity index (χ1n) is 5.05. The summed E-state index contributed by atoms with van der Waals surface area (Å²) in [4.78, 5) is 15.8. The van der Waals surface area contributed by atoms with E-state index in [0.29, 0.717) is 5.95 Å². The van der Waals surface area contributed by atoms with Gasteiger partial charge in [-0.2, -0.15) is 0 Å². The summed E-state index contributed by atoms with van der Waals surface area (Å²) in [6.07, 6.45) is 0. The second-order valence-corrected chi connectivity index (χ2v) is 4.59. The maximum Gasteiger partial charge on any atom is 0.328 e. The molecule has 1 unspecified atom stereocenters. The third-order valence-electron chi connectivity index (χ3n) is 2.61. The van der Waals surface area contributed by atoms with Gasteiger partial charge in [0.15, 0.2) is 0 Å². The van der Waals surface area contributed by atoms with Crippen molar-refractivity contribution in [1.29, 1.82) is 0 Å². The first kappa shape index (κ1) is 11.9. The zero-order valence-electron chi connectivity index (χ0n) is 9.48. The first-order chi connectivity index (χ1) is 8.04. The highest BCUT2D eigenvalue weighted by atomic mass is 79.9. The number of aromatic nitrogens is 2. The van der Waals surface area contributed by atoms with Crippen LogP contribution in [0.1, 0.15) is 13.0 Å². The van der Waals surface area contributed by atoms with Gasteiger partial charge in [-0.25, -0.2) is 9.78 Å². The lowest BCUT2D eigenvalue weighted by Gasteiger charge is -2.13. The Bertz CT molecular complexity index is 579. The lowest BCUT2D eigenvalue weighted by Crippen LogP contribution is -2.19. The van der Waals surface area contributed by atoms with Crippen molar-refractivity contribution < 1.29 is 9.53 Å². The summed E-state index contributed by atoms with van der Waals surface area (Å²) < 4.78 is 7.29. The predicted molar refractivity (Wildman–Crippen MR) is 68.6 cm³/mol. The second kappa shape index (κ2) is 4.37. The van der Waals surface area contributed by atoms with Crippen LogP contribution >= 0.6 is 15.9 Å². The summed E-state index contributed by atoms with van der Waals surface area (Å²) in [5.74, 6) is -0.0464. The maximum absolute atomic E-state index is 11.5. The predicted octanol–water partition coefficient (Wildman–Crippen LogP) is 2.11. The molecule has 1 heterocycles. The number of fused-ring (bicyclic) bond motifs is 1. The summed E-state index contributed by atoms with van der Waals surface area (Å²) in [5.41, 5.74) is 7.38. The number of methoxy groups -OCH3 is 1. The number of hydrogen-bond acceptors (Lipinski definition) is 4. The fourth-order valence-corrected chi connectivity index (χ4v) is 2.12. The molecule has 2 aromatic rings. The average molecular weight is 298 g/mol. The summed E-state index contributed by atoms with van der Waals surface area (Å²) >= 11 is 3.36. The zero-order valence-corrected chi connectivity index (χ0v) is 11.1. The highest BCUT2D eigenvalue weighted by molar-refractivity contribution is 9.10. The van der Waals surface area contributed by atoms with Crippen LogP contribution in [0.5, 0.6) is 0 Å². The molecular weight excluding hydrogens is 286 g/mol.